The van der Waals surface area contributed by atoms with Crippen LogP contribution < -0.4 is 0 Å². The number of rotatable bonds is 2. The summed E-state index contributed by atoms with van der Waals surface area (Å²) in [7, 11) is 0. The third-order valence-corrected chi connectivity index (χ3v) is 2.06. The number of aromatic nitrogens is 1. The van der Waals surface area contributed by atoms with Gasteiger partial charge >= 0.3 is 0 Å². The van der Waals surface area contributed by atoms with E-state index in [0.717, 1.165) is 10.5 Å². The molecule has 52 valence electrons. The predicted octanol–water partition coefficient (Wildman–Crippen LogP) is 2.51. The van der Waals surface area contributed by atoms with Gasteiger partial charge in [0.05, 0.1) is 10.4 Å². The summed E-state index contributed by atoms with van der Waals surface area (Å²) in [5, 5.41) is 0. The van der Waals surface area contributed by atoms with Crippen LogP contribution >= 0.6 is 11.3 Å². The summed E-state index contributed by atoms with van der Waals surface area (Å²) in [6.07, 6.45) is 0. The smallest absolute Gasteiger partial charge is 0.169 e. The van der Waals surface area contributed by atoms with E-state index in [9.17, 15) is 0 Å². The van der Waals surface area contributed by atoms with Crippen LogP contribution in [0.4, 0.5) is 5.82 Å². The second-order valence-electron chi connectivity index (χ2n) is 1.94. The Labute approximate surface area is 64.0 Å². The maximum absolute atomic E-state index is 3.98. The van der Waals surface area contributed by atoms with Crippen LogP contribution in [0.5, 0.6) is 0 Å². The zero-order chi connectivity index (χ0) is 7.56. The Hall–Kier alpha value is -0.960. The van der Waals surface area contributed by atoms with Crippen molar-refractivity contribution < 1.29 is 0 Å². The van der Waals surface area contributed by atoms with Crippen LogP contribution in [-0.2, 0) is 0 Å². The summed E-state index contributed by atoms with van der Waals surface area (Å²) in [6, 6.07) is 0. The fraction of sp³-hybridized carbons (Fsp3) is 0.143. The second-order valence-corrected chi connectivity index (χ2v) is 2.80. The number of nitrogens with zero attached hydrogens (tertiary/aromatic N) is 2. The first-order valence-electron chi connectivity index (χ1n) is 2.82. The van der Waals surface area contributed by atoms with Gasteiger partial charge in [-0.3, -0.25) is 0 Å². The van der Waals surface area contributed by atoms with Gasteiger partial charge in [-0.15, -0.1) is 11.3 Å². The quantitative estimate of drug-likeness (QED) is 0.598. The molecule has 0 saturated carbocycles. The number of hydrogen-bond acceptors (Lipinski definition) is 3. The first-order chi connectivity index (χ1) is 4.75. The molecule has 2 nitrogen and oxygen atoms in total. The molecule has 1 aromatic rings. The first-order valence-corrected chi connectivity index (χ1v) is 3.69. The zero-order valence-corrected chi connectivity index (χ0v) is 6.61. The molecule has 3 heteroatoms. The van der Waals surface area contributed by atoms with Crippen LogP contribution in [0.1, 0.15) is 11.8 Å². The molecule has 0 N–H and O–H groups in total. The predicted molar refractivity (Wildman–Crippen MR) is 46.0 cm³/mol. The van der Waals surface area contributed by atoms with Gasteiger partial charge < -0.3 is 0 Å². The molecule has 0 aliphatic heterocycles. The van der Waals surface area contributed by atoms with Crippen molar-refractivity contribution in [3.63, 3.8) is 0 Å². The molecule has 0 saturated heterocycles. The van der Waals surface area contributed by atoms with Crippen LogP contribution in [0.15, 0.2) is 17.1 Å². The van der Waals surface area contributed by atoms with Gasteiger partial charge in [0.25, 0.3) is 0 Å². The van der Waals surface area contributed by atoms with Crippen LogP contribution in [0, 0.1) is 0 Å². The average molecular weight is 152 g/mol. The zero-order valence-electron chi connectivity index (χ0n) is 5.79. The molecule has 0 radical (unpaired) electrons. The Morgan fingerprint density at radius 1 is 1.80 bits per heavy atom. The highest BCUT2D eigenvalue weighted by Crippen LogP contribution is 2.26. The highest BCUT2D eigenvalue weighted by Gasteiger charge is 2.02. The molecule has 0 spiro atoms. The molecule has 0 aliphatic carbocycles. The van der Waals surface area contributed by atoms with Gasteiger partial charge in [0.2, 0.25) is 0 Å². The SMILES string of the molecule is C=Nc1ncsc1C(=C)C. The lowest BCUT2D eigenvalue weighted by atomic mass is 10.3. The molecule has 1 heterocycles. The van der Waals surface area contributed by atoms with Crippen molar-refractivity contribution in [1.29, 1.82) is 0 Å². The van der Waals surface area contributed by atoms with Crippen molar-refractivity contribution in [1.82, 2.24) is 4.98 Å². The van der Waals surface area contributed by atoms with Gasteiger partial charge in [-0.25, -0.2) is 9.98 Å². The molecule has 0 bridgehead atoms. The van der Waals surface area contributed by atoms with E-state index >= 15 is 0 Å². The molecular formula is C7H8N2S. The van der Waals surface area contributed by atoms with Crippen LogP contribution in [0.25, 0.3) is 5.57 Å². The third kappa shape index (κ3) is 1.14. The van der Waals surface area contributed by atoms with Crippen molar-refractivity contribution in [2.75, 3.05) is 0 Å². The molecule has 1 rings (SSSR count). The second kappa shape index (κ2) is 2.75. The number of thiazole rings is 1. The summed E-state index contributed by atoms with van der Waals surface area (Å²) in [5.74, 6) is 0.692. The molecule has 0 fully saturated rings. The number of allylic oxidation sites excluding steroid dienone is 1. The van der Waals surface area contributed by atoms with Gasteiger partial charge in [0, 0.05) is 0 Å². The van der Waals surface area contributed by atoms with Crippen molar-refractivity contribution in [3.8, 4) is 0 Å². The van der Waals surface area contributed by atoms with E-state index < -0.39 is 0 Å². The monoisotopic (exact) mass is 152 g/mol. The van der Waals surface area contributed by atoms with Crippen molar-refractivity contribution >= 4 is 29.4 Å². The van der Waals surface area contributed by atoms with Gasteiger partial charge in [0.15, 0.2) is 5.82 Å². The first kappa shape index (κ1) is 7.15. The largest absolute Gasteiger partial charge is 0.244 e. The molecule has 1 aromatic heterocycles. The number of hydrogen-bond donors (Lipinski definition) is 0. The Balaban J connectivity index is 3.13. The number of aliphatic imine (C=N–C) groups is 1. The Bertz CT molecular complexity index is 262. The average Bonchev–Trinajstić information content (AvgIpc) is 2.33. The lowest BCUT2D eigenvalue weighted by Crippen LogP contribution is -1.69. The fourth-order valence-corrected chi connectivity index (χ4v) is 1.33. The minimum absolute atomic E-state index is 0.692. The molecular weight excluding hydrogens is 144 g/mol. The Morgan fingerprint density at radius 2 is 2.50 bits per heavy atom. The summed E-state index contributed by atoms with van der Waals surface area (Å²) in [4.78, 5) is 8.75. The molecule has 0 amide bonds. The Morgan fingerprint density at radius 3 is 2.90 bits per heavy atom. The fourth-order valence-electron chi connectivity index (χ4n) is 0.644. The molecule has 0 atom stereocenters. The molecule has 10 heavy (non-hydrogen) atoms. The van der Waals surface area contributed by atoms with Crippen LogP contribution in [0.2, 0.25) is 0 Å². The third-order valence-electron chi connectivity index (χ3n) is 1.09. The van der Waals surface area contributed by atoms with Crippen molar-refractivity contribution in [2.45, 2.75) is 6.92 Å². The van der Waals surface area contributed by atoms with Crippen molar-refractivity contribution in [2.24, 2.45) is 4.99 Å². The van der Waals surface area contributed by atoms with E-state index in [1.54, 1.807) is 5.51 Å². The van der Waals surface area contributed by atoms with Crippen molar-refractivity contribution in [3.05, 3.63) is 17.0 Å². The van der Waals surface area contributed by atoms with E-state index in [1.165, 1.54) is 11.3 Å². The lowest BCUT2D eigenvalue weighted by Gasteiger charge is -1.91. The summed E-state index contributed by atoms with van der Waals surface area (Å²) < 4.78 is 0. The van der Waals surface area contributed by atoms with E-state index in [4.69, 9.17) is 0 Å². The van der Waals surface area contributed by atoms with E-state index in [-0.39, 0.29) is 0 Å². The maximum Gasteiger partial charge on any atom is 0.169 e. The lowest BCUT2D eigenvalue weighted by molar-refractivity contribution is 1.34. The minimum Gasteiger partial charge on any atom is -0.244 e. The van der Waals surface area contributed by atoms with Gasteiger partial charge in [0.1, 0.15) is 0 Å². The highest BCUT2D eigenvalue weighted by molar-refractivity contribution is 7.11. The van der Waals surface area contributed by atoms with E-state index in [2.05, 4.69) is 23.3 Å². The Kier molecular flexibility index (Phi) is 1.97. The topological polar surface area (TPSA) is 25.2 Å². The highest BCUT2D eigenvalue weighted by atomic mass is 32.1. The molecule has 0 unspecified atom stereocenters. The van der Waals surface area contributed by atoms with Crippen LogP contribution in [0.3, 0.4) is 0 Å². The molecule has 0 aromatic carbocycles. The van der Waals surface area contributed by atoms with Gasteiger partial charge in [-0.1, -0.05) is 6.58 Å². The van der Waals surface area contributed by atoms with Crippen LogP contribution in [-0.4, -0.2) is 11.7 Å². The summed E-state index contributed by atoms with van der Waals surface area (Å²) in [5.41, 5.74) is 2.73. The maximum atomic E-state index is 3.98. The van der Waals surface area contributed by atoms with Gasteiger partial charge in [-0.2, -0.15) is 0 Å². The van der Waals surface area contributed by atoms with Gasteiger partial charge in [-0.05, 0) is 19.2 Å². The molecule has 0 aliphatic rings. The standard InChI is InChI=1S/C7H8N2S/c1-5(2)6-7(8-3)9-4-10-6/h4H,1,3H2,2H3. The summed E-state index contributed by atoms with van der Waals surface area (Å²) in [6.45, 7) is 9.12. The minimum atomic E-state index is 0.692. The summed E-state index contributed by atoms with van der Waals surface area (Å²) >= 11 is 1.54. The normalized spacial score (nSPS) is 9.30. The van der Waals surface area contributed by atoms with E-state index in [0.29, 0.717) is 5.82 Å². The van der Waals surface area contributed by atoms with E-state index in [1.807, 2.05) is 6.92 Å².